The van der Waals surface area contributed by atoms with Crippen LogP contribution in [-0.4, -0.2) is 34.0 Å². The number of nitrogens with zero attached hydrogens (tertiary/aromatic N) is 3. The Kier molecular flexibility index (Phi) is 4.76. The normalized spacial score (nSPS) is 11.1. The molecule has 0 unspecified atom stereocenters. The first-order valence-corrected chi connectivity index (χ1v) is 6.38. The highest BCUT2D eigenvalue weighted by molar-refractivity contribution is 6.31. The van der Waals surface area contributed by atoms with E-state index < -0.39 is 16.7 Å². The quantitative estimate of drug-likeness (QED) is 0.275. The zero-order valence-electron chi connectivity index (χ0n) is 11.6. The first kappa shape index (κ1) is 16.2. The number of hydrogen-bond acceptors (Lipinski definition) is 7. The minimum atomic E-state index is -1.02. The second-order valence-electron chi connectivity index (χ2n) is 4.10. The molecular formula is C12H10ClN5O5. The van der Waals surface area contributed by atoms with Crippen LogP contribution in [0.5, 0.6) is 5.75 Å². The predicted molar refractivity (Wildman–Crippen MR) is 79.4 cm³/mol. The van der Waals surface area contributed by atoms with E-state index in [0.717, 1.165) is 6.07 Å². The van der Waals surface area contributed by atoms with Crippen molar-refractivity contribution < 1.29 is 19.3 Å². The lowest BCUT2D eigenvalue weighted by atomic mass is 10.2. The summed E-state index contributed by atoms with van der Waals surface area (Å²) in [5.41, 5.74) is 5.72. The van der Waals surface area contributed by atoms with Crippen LogP contribution in [0.4, 0.5) is 5.82 Å². The maximum Gasteiger partial charge on any atom is 0.388 e. The highest BCUT2D eigenvalue weighted by Gasteiger charge is 2.18. The molecule has 2 aromatic rings. The molecule has 0 aliphatic heterocycles. The summed E-state index contributed by atoms with van der Waals surface area (Å²) in [6.45, 7) is 0. The van der Waals surface area contributed by atoms with Gasteiger partial charge in [-0.1, -0.05) is 21.9 Å². The number of rotatable bonds is 5. The molecule has 0 saturated carbocycles. The van der Waals surface area contributed by atoms with E-state index in [1.807, 2.05) is 0 Å². The lowest BCUT2D eigenvalue weighted by Crippen LogP contribution is -2.16. The molecule has 1 aromatic heterocycles. The Morgan fingerprint density at radius 2 is 2.22 bits per heavy atom. The van der Waals surface area contributed by atoms with Crippen LogP contribution in [0.3, 0.4) is 0 Å². The molecule has 3 N–H and O–H groups in total. The molecule has 0 saturated heterocycles. The molecule has 2 rings (SSSR count). The summed E-state index contributed by atoms with van der Waals surface area (Å²) >= 11 is 5.86. The monoisotopic (exact) mass is 339 g/mol. The topological polar surface area (TPSA) is 146 Å². The van der Waals surface area contributed by atoms with Gasteiger partial charge in [0.2, 0.25) is 5.69 Å². The van der Waals surface area contributed by atoms with Gasteiger partial charge in [0.1, 0.15) is 5.75 Å². The zero-order valence-corrected chi connectivity index (χ0v) is 12.4. The Hall–Kier alpha value is -3.14. The van der Waals surface area contributed by atoms with Crippen molar-refractivity contribution >= 4 is 29.2 Å². The molecule has 0 bridgehead atoms. The number of aromatic amines is 1. The van der Waals surface area contributed by atoms with E-state index in [2.05, 4.69) is 20.2 Å². The van der Waals surface area contributed by atoms with Gasteiger partial charge in [0.25, 0.3) is 0 Å². The van der Waals surface area contributed by atoms with Crippen molar-refractivity contribution in [1.29, 1.82) is 0 Å². The third kappa shape index (κ3) is 3.74. The molecule has 23 heavy (non-hydrogen) atoms. The lowest BCUT2D eigenvalue weighted by molar-refractivity contribution is -0.389. The molecule has 1 heterocycles. The summed E-state index contributed by atoms with van der Waals surface area (Å²) in [6, 6.07) is 5.55. The van der Waals surface area contributed by atoms with Crippen molar-refractivity contribution in [2.24, 2.45) is 10.9 Å². The minimum Gasteiger partial charge on any atom is -0.496 e. The number of aromatic nitrogens is 2. The Balaban J connectivity index is 2.17. The van der Waals surface area contributed by atoms with E-state index in [1.165, 1.54) is 13.2 Å². The lowest BCUT2D eigenvalue weighted by Gasteiger charge is -2.07. The molecule has 0 amide bonds. The van der Waals surface area contributed by atoms with E-state index in [-0.39, 0.29) is 11.5 Å². The van der Waals surface area contributed by atoms with Gasteiger partial charge in [-0.25, -0.2) is 4.79 Å². The second-order valence-corrected chi connectivity index (χ2v) is 4.53. The fourth-order valence-electron chi connectivity index (χ4n) is 1.58. The van der Waals surface area contributed by atoms with Crippen LogP contribution >= 0.6 is 11.6 Å². The molecule has 0 radical (unpaired) electrons. The van der Waals surface area contributed by atoms with Gasteiger partial charge in [-0.05, 0) is 23.1 Å². The van der Waals surface area contributed by atoms with Crippen molar-refractivity contribution in [2.75, 3.05) is 7.11 Å². The number of carbonyl (C=O) groups excluding carboxylic acids is 1. The molecule has 120 valence electrons. The Labute approximate surface area is 134 Å². The number of halogens is 1. The van der Waals surface area contributed by atoms with Crippen LogP contribution in [0, 0.1) is 10.1 Å². The second kappa shape index (κ2) is 6.75. The number of ether oxygens (including phenoxy) is 1. The summed E-state index contributed by atoms with van der Waals surface area (Å²) in [6.07, 6.45) is 0. The van der Waals surface area contributed by atoms with E-state index in [4.69, 9.17) is 22.1 Å². The average molecular weight is 340 g/mol. The van der Waals surface area contributed by atoms with Gasteiger partial charge in [0.15, 0.2) is 5.84 Å². The molecule has 0 atom stereocenters. The number of methoxy groups -OCH3 is 1. The molecule has 10 nitrogen and oxygen atoms in total. The van der Waals surface area contributed by atoms with Crippen molar-refractivity contribution in [3.63, 3.8) is 0 Å². The summed E-state index contributed by atoms with van der Waals surface area (Å²) in [5.74, 6) is -1.26. The van der Waals surface area contributed by atoms with Crippen LogP contribution in [0.1, 0.15) is 16.1 Å². The summed E-state index contributed by atoms with van der Waals surface area (Å²) in [4.78, 5) is 26.0. The van der Waals surface area contributed by atoms with Crippen LogP contribution < -0.4 is 10.5 Å². The number of nitrogens with two attached hydrogens (primary N) is 1. The fourth-order valence-corrected chi connectivity index (χ4v) is 1.75. The van der Waals surface area contributed by atoms with E-state index >= 15 is 0 Å². The Morgan fingerprint density at radius 1 is 1.48 bits per heavy atom. The number of nitro groups is 1. The van der Waals surface area contributed by atoms with Crippen molar-refractivity contribution in [1.82, 2.24) is 10.2 Å². The minimum absolute atomic E-state index is 0.164. The number of benzene rings is 1. The molecular weight excluding hydrogens is 330 g/mol. The van der Waals surface area contributed by atoms with Crippen molar-refractivity contribution in [3.8, 4) is 5.75 Å². The molecule has 0 aliphatic rings. The third-order valence-corrected chi connectivity index (χ3v) is 2.87. The van der Waals surface area contributed by atoms with E-state index in [9.17, 15) is 14.9 Å². The number of oxime groups is 1. The summed E-state index contributed by atoms with van der Waals surface area (Å²) < 4.78 is 5.09. The van der Waals surface area contributed by atoms with Gasteiger partial charge in [-0.3, -0.25) is 0 Å². The highest BCUT2D eigenvalue weighted by Crippen LogP contribution is 2.22. The maximum atomic E-state index is 11.7. The van der Waals surface area contributed by atoms with E-state index in [1.54, 1.807) is 12.1 Å². The molecule has 0 spiro atoms. The number of H-pyrrole nitrogens is 1. The molecule has 0 aliphatic carbocycles. The number of hydrogen-bond donors (Lipinski definition) is 2. The fraction of sp³-hybridized carbons (Fsp3) is 0.0833. The average Bonchev–Trinajstić information content (AvgIpc) is 3.02. The maximum absolute atomic E-state index is 11.7. The van der Waals surface area contributed by atoms with Crippen LogP contribution in [0.2, 0.25) is 5.02 Å². The summed E-state index contributed by atoms with van der Waals surface area (Å²) in [7, 11) is 1.43. The van der Waals surface area contributed by atoms with E-state index in [0.29, 0.717) is 16.3 Å². The highest BCUT2D eigenvalue weighted by atomic mass is 35.5. The SMILES string of the molecule is COc1ccc(Cl)cc1/C(N)=N/OC(=O)c1cc([N+](=O)[O-])[nH]n1. The molecule has 11 heteroatoms. The Bertz CT molecular complexity index is 788. The van der Waals surface area contributed by atoms with Crippen molar-refractivity contribution in [2.45, 2.75) is 0 Å². The standard InChI is InChI=1S/C12H10ClN5O5/c1-22-9-3-2-6(13)4-7(9)11(14)17-23-12(19)8-5-10(16-15-8)18(20)21/h2-5H,1H3,(H2,14,17)(H,15,16). The number of nitrogens with one attached hydrogen (secondary N) is 1. The van der Waals surface area contributed by atoms with Gasteiger partial charge in [-0.15, -0.1) is 5.10 Å². The van der Waals surface area contributed by atoms with Gasteiger partial charge in [-0.2, -0.15) is 0 Å². The third-order valence-electron chi connectivity index (χ3n) is 2.63. The van der Waals surface area contributed by atoms with Crippen molar-refractivity contribution in [3.05, 3.63) is 50.7 Å². The predicted octanol–water partition coefficient (Wildman–Crippen LogP) is 1.46. The zero-order chi connectivity index (χ0) is 17.0. The van der Waals surface area contributed by atoms with Crippen LogP contribution in [0.15, 0.2) is 29.4 Å². The molecule has 1 aromatic carbocycles. The van der Waals surface area contributed by atoms with Gasteiger partial charge in [0, 0.05) is 5.02 Å². The summed E-state index contributed by atoms with van der Waals surface area (Å²) in [5, 5.41) is 19.8. The Morgan fingerprint density at radius 3 is 2.83 bits per heavy atom. The number of carbonyl (C=O) groups is 1. The largest absolute Gasteiger partial charge is 0.496 e. The van der Waals surface area contributed by atoms with Crippen LogP contribution in [0.25, 0.3) is 0 Å². The van der Waals surface area contributed by atoms with Gasteiger partial charge < -0.3 is 25.4 Å². The molecule has 0 fully saturated rings. The first-order valence-electron chi connectivity index (χ1n) is 6.01. The first-order chi connectivity index (χ1) is 10.9. The van der Waals surface area contributed by atoms with Gasteiger partial charge >= 0.3 is 11.8 Å². The number of amidine groups is 1. The van der Waals surface area contributed by atoms with Crippen LogP contribution in [-0.2, 0) is 4.84 Å². The van der Waals surface area contributed by atoms with Gasteiger partial charge in [0.05, 0.1) is 18.7 Å². The smallest absolute Gasteiger partial charge is 0.388 e.